The van der Waals surface area contributed by atoms with Crippen LogP contribution in [0.4, 0.5) is 0 Å². The van der Waals surface area contributed by atoms with Gasteiger partial charge < -0.3 is 10.4 Å². The van der Waals surface area contributed by atoms with Crippen LogP contribution in [0.15, 0.2) is 10.8 Å². The van der Waals surface area contributed by atoms with E-state index in [-0.39, 0.29) is 6.42 Å². The monoisotopic (exact) mass is 237 g/mol. The van der Waals surface area contributed by atoms with Crippen LogP contribution >= 0.6 is 11.3 Å². The van der Waals surface area contributed by atoms with Gasteiger partial charge >= 0.3 is 5.97 Å². The first-order valence-electron chi connectivity index (χ1n) is 4.56. The van der Waals surface area contributed by atoms with Crippen molar-refractivity contribution in [2.75, 3.05) is 0 Å². The fraction of sp³-hybridized carbons (Fsp3) is 0.273. The first-order valence-corrected chi connectivity index (χ1v) is 5.50. The zero-order valence-electron chi connectivity index (χ0n) is 8.69. The van der Waals surface area contributed by atoms with Gasteiger partial charge in [0.25, 0.3) is 5.91 Å². The topological polar surface area (TPSA) is 66.4 Å². The van der Waals surface area contributed by atoms with Crippen molar-refractivity contribution in [3.63, 3.8) is 0 Å². The van der Waals surface area contributed by atoms with Crippen LogP contribution in [0, 0.1) is 19.3 Å². The molecule has 1 rings (SSSR count). The summed E-state index contributed by atoms with van der Waals surface area (Å²) in [6, 6.07) is -1.03. The van der Waals surface area contributed by atoms with Crippen molar-refractivity contribution in [1.82, 2.24) is 5.32 Å². The molecule has 16 heavy (non-hydrogen) atoms. The van der Waals surface area contributed by atoms with Crippen molar-refractivity contribution >= 4 is 23.2 Å². The molecule has 0 aromatic carbocycles. The molecule has 2 N–H and O–H groups in total. The summed E-state index contributed by atoms with van der Waals surface area (Å²) in [4.78, 5) is 22.5. The molecule has 0 saturated carbocycles. The number of carbonyl (C=O) groups is 2. The van der Waals surface area contributed by atoms with Crippen LogP contribution in [-0.2, 0) is 4.79 Å². The molecule has 84 valence electrons. The second-order valence-corrected chi connectivity index (χ2v) is 3.98. The SMILES string of the molecule is C#CCC(NC(=O)c1cscc1C)C(=O)O. The first-order chi connectivity index (χ1) is 7.56. The molecule has 1 aromatic rings. The van der Waals surface area contributed by atoms with E-state index in [2.05, 4.69) is 11.2 Å². The van der Waals surface area contributed by atoms with Crippen molar-refractivity contribution in [1.29, 1.82) is 0 Å². The molecule has 1 amide bonds. The molecule has 0 aliphatic heterocycles. The number of carboxylic acids is 1. The maximum absolute atomic E-state index is 11.7. The van der Waals surface area contributed by atoms with Crippen LogP contribution < -0.4 is 5.32 Å². The Morgan fingerprint density at radius 2 is 2.31 bits per heavy atom. The quantitative estimate of drug-likeness (QED) is 0.775. The van der Waals surface area contributed by atoms with E-state index in [0.29, 0.717) is 5.56 Å². The minimum absolute atomic E-state index is 0.0236. The highest BCUT2D eigenvalue weighted by Gasteiger charge is 2.20. The number of thiophene rings is 1. The van der Waals surface area contributed by atoms with Crippen molar-refractivity contribution in [2.24, 2.45) is 0 Å². The molecule has 0 saturated heterocycles. The molecule has 0 radical (unpaired) electrons. The standard InChI is InChI=1S/C11H11NO3S/c1-3-4-9(11(14)15)12-10(13)8-6-16-5-7(8)2/h1,5-6,9H,4H2,2H3,(H,12,13)(H,14,15). The largest absolute Gasteiger partial charge is 0.480 e. The Morgan fingerprint density at radius 3 is 2.75 bits per heavy atom. The third kappa shape index (κ3) is 2.84. The van der Waals surface area contributed by atoms with Crippen LogP contribution in [0.5, 0.6) is 0 Å². The number of rotatable bonds is 4. The van der Waals surface area contributed by atoms with Gasteiger partial charge in [-0.15, -0.1) is 12.3 Å². The highest BCUT2D eigenvalue weighted by molar-refractivity contribution is 7.08. The van der Waals surface area contributed by atoms with Gasteiger partial charge in [-0.1, -0.05) is 0 Å². The molecule has 0 fully saturated rings. The minimum Gasteiger partial charge on any atom is -0.480 e. The van der Waals surface area contributed by atoms with Crippen molar-refractivity contribution in [3.8, 4) is 12.3 Å². The molecule has 5 heteroatoms. The summed E-state index contributed by atoms with van der Waals surface area (Å²) in [5.74, 6) is 0.694. The third-order valence-electron chi connectivity index (χ3n) is 2.03. The number of carboxylic acid groups (broad SMARTS) is 1. The smallest absolute Gasteiger partial charge is 0.327 e. The second-order valence-electron chi connectivity index (χ2n) is 3.24. The van der Waals surface area contributed by atoms with E-state index in [1.54, 1.807) is 12.3 Å². The number of terminal acetylenes is 1. The van der Waals surface area contributed by atoms with Gasteiger partial charge in [0.15, 0.2) is 0 Å². The van der Waals surface area contributed by atoms with Gasteiger partial charge in [0.2, 0.25) is 0 Å². The molecule has 0 spiro atoms. The maximum atomic E-state index is 11.7. The average molecular weight is 237 g/mol. The third-order valence-corrected chi connectivity index (χ3v) is 2.89. The van der Waals surface area contributed by atoms with Crippen LogP contribution in [0.25, 0.3) is 0 Å². The Labute approximate surface area is 97.3 Å². The Kier molecular flexibility index (Phi) is 4.09. The van der Waals surface area contributed by atoms with E-state index in [1.807, 2.05) is 5.38 Å². The van der Waals surface area contributed by atoms with Crippen molar-refractivity contribution < 1.29 is 14.7 Å². The van der Waals surface area contributed by atoms with Crippen molar-refractivity contribution in [2.45, 2.75) is 19.4 Å². The molecular formula is C11H11NO3S. The summed E-state index contributed by atoms with van der Waals surface area (Å²) in [5.41, 5.74) is 1.32. The predicted octanol–water partition coefficient (Wildman–Crippen LogP) is 1.26. The lowest BCUT2D eigenvalue weighted by Gasteiger charge is -2.11. The van der Waals surface area contributed by atoms with Gasteiger partial charge in [-0.3, -0.25) is 4.79 Å². The Morgan fingerprint density at radius 1 is 1.62 bits per heavy atom. The van der Waals surface area contributed by atoms with E-state index >= 15 is 0 Å². The summed E-state index contributed by atoms with van der Waals surface area (Å²) in [6.07, 6.45) is 5.01. The van der Waals surface area contributed by atoms with Gasteiger partial charge in [-0.05, 0) is 17.9 Å². The fourth-order valence-corrected chi connectivity index (χ4v) is 1.98. The highest BCUT2D eigenvalue weighted by Crippen LogP contribution is 2.13. The summed E-state index contributed by atoms with van der Waals surface area (Å²) in [6.45, 7) is 1.79. The molecule has 1 atom stereocenters. The Bertz CT molecular complexity index is 444. The summed E-state index contributed by atoms with van der Waals surface area (Å²) < 4.78 is 0. The van der Waals surface area contributed by atoms with E-state index in [0.717, 1.165) is 5.56 Å². The zero-order chi connectivity index (χ0) is 12.1. The normalized spacial score (nSPS) is 11.5. The summed E-state index contributed by atoms with van der Waals surface area (Å²) >= 11 is 1.39. The number of carbonyl (C=O) groups excluding carboxylic acids is 1. The van der Waals surface area contributed by atoms with Crippen LogP contribution in [-0.4, -0.2) is 23.0 Å². The minimum atomic E-state index is -1.13. The predicted molar refractivity (Wildman–Crippen MR) is 61.4 cm³/mol. The highest BCUT2D eigenvalue weighted by atomic mass is 32.1. The summed E-state index contributed by atoms with van der Waals surface area (Å²) in [5, 5.41) is 14.7. The molecule has 0 aliphatic carbocycles. The molecule has 1 aromatic heterocycles. The van der Waals surface area contributed by atoms with E-state index in [1.165, 1.54) is 11.3 Å². The molecule has 1 heterocycles. The number of hydrogen-bond acceptors (Lipinski definition) is 3. The lowest BCUT2D eigenvalue weighted by Crippen LogP contribution is -2.40. The molecule has 0 aliphatic rings. The van der Waals surface area contributed by atoms with Gasteiger partial charge in [0, 0.05) is 11.8 Å². The molecule has 0 bridgehead atoms. The second kappa shape index (κ2) is 5.33. The molecule has 4 nitrogen and oxygen atoms in total. The molecular weight excluding hydrogens is 226 g/mol. The molecule has 1 unspecified atom stereocenters. The van der Waals surface area contributed by atoms with Gasteiger partial charge in [-0.25, -0.2) is 4.79 Å². The van der Waals surface area contributed by atoms with Crippen LogP contribution in [0.3, 0.4) is 0 Å². The van der Waals surface area contributed by atoms with Gasteiger partial charge in [0.1, 0.15) is 6.04 Å². The van der Waals surface area contributed by atoms with Crippen molar-refractivity contribution in [3.05, 3.63) is 21.9 Å². The maximum Gasteiger partial charge on any atom is 0.327 e. The van der Waals surface area contributed by atoms with E-state index < -0.39 is 17.9 Å². The average Bonchev–Trinajstić information content (AvgIpc) is 2.63. The number of amides is 1. The number of aryl methyl sites for hydroxylation is 1. The first kappa shape index (κ1) is 12.3. The lowest BCUT2D eigenvalue weighted by molar-refractivity contribution is -0.139. The van der Waals surface area contributed by atoms with Gasteiger partial charge in [0.05, 0.1) is 5.56 Å². The number of hydrogen-bond donors (Lipinski definition) is 2. The van der Waals surface area contributed by atoms with Crippen LogP contribution in [0.1, 0.15) is 22.3 Å². The van der Waals surface area contributed by atoms with E-state index in [4.69, 9.17) is 11.5 Å². The van der Waals surface area contributed by atoms with E-state index in [9.17, 15) is 9.59 Å². The van der Waals surface area contributed by atoms with Gasteiger partial charge in [-0.2, -0.15) is 11.3 Å². The fourth-order valence-electron chi connectivity index (χ4n) is 1.15. The summed E-state index contributed by atoms with van der Waals surface area (Å²) in [7, 11) is 0. The lowest BCUT2D eigenvalue weighted by atomic mass is 10.1. The number of aliphatic carboxylic acids is 1. The Balaban J connectivity index is 2.74. The van der Waals surface area contributed by atoms with Crippen LogP contribution in [0.2, 0.25) is 0 Å². The number of nitrogens with one attached hydrogen (secondary N) is 1. The Hall–Kier alpha value is -1.80. The zero-order valence-corrected chi connectivity index (χ0v) is 9.50.